The molecule has 1 N–H and O–H groups in total. The number of nitrogens with one attached hydrogen (secondary N) is 1. The first-order valence-electron chi connectivity index (χ1n) is 5.30. The number of nitrogens with zero attached hydrogens (tertiary/aromatic N) is 4. The molecule has 0 bridgehead atoms. The summed E-state index contributed by atoms with van der Waals surface area (Å²) >= 11 is 1.46. The van der Waals surface area contributed by atoms with Gasteiger partial charge < -0.3 is 9.73 Å². The van der Waals surface area contributed by atoms with E-state index in [-0.39, 0.29) is 5.91 Å². The van der Waals surface area contributed by atoms with Gasteiger partial charge in [0.1, 0.15) is 11.3 Å². The van der Waals surface area contributed by atoms with Crippen LogP contribution in [-0.4, -0.2) is 32.3 Å². The van der Waals surface area contributed by atoms with Crippen molar-refractivity contribution >= 4 is 22.2 Å². The molecule has 3 aromatic heterocycles. The number of hydrogen-bond donors (Lipinski definition) is 1. The normalized spacial score (nSPS) is 10.9. The molecule has 0 saturated carbocycles. The topological polar surface area (TPSA) is 85.3 Å². The maximum absolute atomic E-state index is 11.6. The summed E-state index contributed by atoms with van der Waals surface area (Å²) in [5.41, 5.74) is 0. The van der Waals surface area contributed by atoms with Gasteiger partial charge in [0, 0.05) is 13.0 Å². The Morgan fingerprint density at radius 1 is 1.56 bits per heavy atom. The molecule has 0 radical (unpaired) electrons. The van der Waals surface area contributed by atoms with Crippen LogP contribution in [0.15, 0.2) is 29.1 Å². The van der Waals surface area contributed by atoms with E-state index >= 15 is 0 Å². The molecule has 0 unspecified atom stereocenters. The van der Waals surface area contributed by atoms with Gasteiger partial charge in [0.25, 0.3) is 5.91 Å². The molecule has 0 aliphatic rings. The van der Waals surface area contributed by atoms with Crippen LogP contribution in [0.3, 0.4) is 0 Å². The van der Waals surface area contributed by atoms with Crippen LogP contribution in [0, 0.1) is 0 Å². The van der Waals surface area contributed by atoms with E-state index < -0.39 is 0 Å². The lowest BCUT2D eigenvalue weighted by Gasteiger charge is -2.00. The molecule has 0 atom stereocenters. The fourth-order valence-electron chi connectivity index (χ4n) is 1.48. The number of carbonyl (C=O) groups excluding carboxylic acids is 1. The van der Waals surface area contributed by atoms with Crippen LogP contribution < -0.4 is 5.32 Å². The minimum absolute atomic E-state index is 0.219. The van der Waals surface area contributed by atoms with Gasteiger partial charge >= 0.3 is 0 Å². The number of rotatable bonds is 4. The minimum Gasteiger partial charge on any atom is -0.459 e. The van der Waals surface area contributed by atoms with Crippen molar-refractivity contribution < 1.29 is 9.21 Å². The number of amides is 1. The Labute approximate surface area is 105 Å². The zero-order valence-corrected chi connectivity index (χ0v) is 10.1. The SMILES string of the molecule is O=C(NCCc1nn2cnnc2s1)c1ccco1. The van der Waals surface area contributed by atoms with Crippen molar-refractivity contribution in [3.8, 4) is 0 Å². The van der Waals surface area contributed by atoms with Crippen molar-refractivity contribution in [1.29, 1.82) is 0 Å². The second-order valence-electron chi connectivity index (χ2n) is 3.54. The molecule has 8 heteroatoms. The van der Waals surface area contributed by atoms with Crippen molar-refractivity contribution in [2.75, 3.05) is 6.54 Å². The van der Waals surface area contributed by atoms with E-state index in [9.17, 15) is 4.79 Å². The number of carbonyl (C=O) groups is 1. The van der Waals surface area contributed by atoms with E-state index in [4.69, 9.17) is 4.42 Å². The average Bonchev–Trinajstić information content (AvgIpc) is 3.05. The van der Waals surface area contributed by atoms with Gasteiger partial charge in [0.15, 0.2) is 5.76 Å². The van der Waals surface area contributed by atoms with Gasteiger partial charge in [-0.25, -0.2) is 0 Å². The van der Waals surface area contributed by atoms with Gasteiger partial charge in [0.2, 0.25) is 4.96 Å². The highest BCUT2D eigenvalue weighted by Crippen LogP contribution is 2.11. The van der Waals surface area contributed by atoms with Crippen molar-refractivity contribution in [1.82, 2.24) is 25.1 Å². The molecule has 1 amide bonds. The fourth-order valence-corrected chi connectivity index (χ4v) is 2.29. The highest BCUT2D eigenvalue weighted by Gasteiger charge is 2.09. The minimum atomic E-state index is -0.219. The van der Waals surface area contributed by atoms with E-state index in [0.717, 1.165) is 9.97 Å². The Balaban J connectivity index is 1.56. The smallest absolute Gasteiger partial charge is 0.286 e. The number of furan rings is 1. The third-order valence-corrected chi connectivity index (χ3v) is 3.27. The molecule has 0 aliphatic carbocycles. The van der Waals surface area contributed by atoms with Crippen LogP contribution in [0.5, 0.6) is 0 Å². The first kappa shape index (κ1) is 10.9. The van der Waals surface area contributed by atoms with E-state index in [0.29, 0.717) is 18.7 Å². The molecule has 92 valence electrons. The lowest BCUT2D eigenvalue weighted by atomic mass is 10.4. The summed E-state index contributed by atoms with van der Waals surface area (Å²) in [7, 11) is 0. The first-order chi connectivity index (χ1) is 8.83. The molecule has 0 aliphatic heterocycles. The standard InChI is InChI=1S/C10H9N5O2S/c16-9(7-2-1-5-17-7)11-4-3-8-14-15-6-12-13-10(15)18-8/h1-2,5-6H,3-4H2,(H,11,16). The Hall–Kier alpha value is -2.22. The van der Waals surface area contributed by atoms with Gasteiger partial charge in [-0.05, 0) is 12.1 Å². The highest BCUT2D eigenvalue weighted by atomic mass is 32.1. The van der Waals surface area contributed by atoms with Crippen LogP contribution in [0.4, 0.5) is 0 Å². The molecule has 3 rings (SSSR count). The predicted octanol–water partition coefficient (Wildman–Crippen LogP) is 0.751. The monoisotopic (exact) mass is 263 g/mol. The van der Waals surface area contributed by atoms with Crippen LogP contribution in [0.25, 0.3) is 4.96 Å². The summed E-state index contributed by atoms with van der Waals surface area (Å²) in [6.45, 7) is 0.504. The Bertz CT molecular complexity index is 628. The Morgan fingerprint density at radius 2 is 2.50 bits per heavy atom. The van der Waals surface area contributed by atoms with Crippen molar-refractivity contribution in [2.24, 2.45) is 0 Å². The first-order valence-corrected chi connectivity index (χ1v) is 6.12. The summed E-state index contributed by atoms with van der Waals surface area (Å²) in [5, 5.41) is 15.5. The molecule has 18 heavy (non-hydrogen) atoms. The molecule has 0 saturated heterocycles. The summed E-state index contributed by atoms with van der Waals surface area (Å²) in [6, 6.07) is 3.30. The van der Waals surface area contributed by atoms with Gasteiger partial charge in [-0.15, -0.1) is 10.2 Å². The Morgan fingerprint density at radius 3 is 3.28 bits per heavy atom. The molecule has 3 heterocycles. The quantitative estimate of drug-likeness (QED) is 0.750. The number of hydrogen-bond acceptors (Lipinski definition) is 6. The second kappa shape index (κ2) is 4.57. The van der Waals surface area contributed by atoms with Gasteiger partial charge in [-0.3, -0.25) is 4.79 Å². The van der Waals surface area contributed by atoms with Crippen molar-refractivity contribution in [3.63, 3.8) is 0 Å². The summed E-state index contributed by atoms with van der Waals surface area (Å²) in [5.74, 6) is 0.0936. The Kier molecular flexibility index (Phi) is 2.77. The molecular formula is C10H9N5O2S. The fraction of sp³-hybridized carbons (Fsp3) is 0.200. The zero-order valence-electron chi connectivity index (χ0n) is 9.24. The van der Waals surface area contributed by atoms with E-state index in [1.807, 2.05) is 0 Å². The lowest BCUT2D eigenvalue weighted by Crippen LogP contribution is -2.25. The van der Waals surface area contributed by atoms with Crippen LogP contribution >= 0.6 is 11.3 Å². The highest BCUT2D eigenvalue weighted by molar-refractivity contribution is 7.16. The molecular weight excluding hydrogens is 254 g/mol. The van der Waals surface area contributed by atoms with E-state index in [1.54, 1.807) is 23.0 Å². The van der Waals surface area contributed by atoms with Gasteiger partial charge in [-0.1, -0.05) is 11.3 Å². The van der Waals surface area contributed by atoms with Crippen LogP contribution in [0.2, 0.25) is 0 Å². The molecule has 0 aromatic carbocycles. The van der Waals surface area contributed by atoms with E-state index in [2.05, 4.69) is 20.6 Å². The molecule has 7 nitrogen and oxygen atoms in total. The van der Waals surface area contributed by atoms with Crippen molar-refractivity contribution in [3.05, 3.63) is 35.5 Å². The molecule has 3 aromatic rings. The van der Waals surface area contributed by atoms with Gasteiger partial charge in [0.05, 0.1) is 6.26 Å². The zero-order chi connectivity index (χ0) is 12.4. The predicted molar refractivity (Wildman–Crippen MR) is 63.4 cm³/mol. The molecule has 0 fully saturated rings. The van der Waals surface area contributed by atoms with Crippen LogP contribution in [-0.2, 0) is 6.42 Å². The maximum Gasteiger partial charge on any atom is 0.286 e. The third-order valence-electron chi connectivity index (χ3n) is 2.30. The third kappa shape index (κ3) is 2.09. The maximum atomic E-state index is 11.6. The lowest BCUT2D eigenvalue weighted by molar-refractivity contribution is 0.0926. The average molecular weight is 263 g/mol. The summed E-state index contributed by atoms with van der Waals surface area (Å²) < 4.78 is 6.61. The summed E-state index contributed by atoms with van der Waals surface area (Å²) in [4.78, 5) is 12.3. The van der Waals surface area contributed by atoms with Gasteiger partial charge in [-0.2, -0.15) is 9.61 Å². The largest absolute Gasteiger partial charge is 0.459 e. The van der Waals surface area contributed by atoms with Crippen LogP contribution in [0.1, 0.15) is 15.6 Å². The van der Waals surface area contributed by atoms with Crippen molar-refractivity contribution in [2.45, 2.75) is 6.42 Å². The van der Waals surface area contributed by atoms with E-state index in [1.165, 1.54) is 17.6 Å². The molecule has 0 spiro atoms. The summed E-state index contributed by atoms with van der Waals surface area (Å²) in [6.07, 6.45) is 3.68. The number of fused-ring (bicyclic) bond motifs is 1. The number of aromatic nitrogens is 4. The second-order valence-corrected chi connectivity index (χ2v) is 4.58.